The third-order valence-electron chi connectivity index (χ3n) is 4.34. The zero-order valence-electron chi connectivity index (χ0n) is 12.8. The number of methoxy groups -OCH3 is 1. The molecule has 3 heterocycles. The molecule has 0 unspecified atom stereocenters. The summed E-state index contributed by atoms with van der Waals surface area (Å²) in [5.41, 5.74) is 0. The SMILES string of the molecule is COCCNC(=O)[C@@H]1C[C@H]2CCN(c3ccncn3)C[C@H]2O1. The number of carbonyl (C=O) groups excluding carboxylic acids is 1. The number of hydrogen-bond donors (Lipinski definition) is 1. The topological polar surface area (TPSA) is 76.6 Å². The zero-order valence-corrected chi connectivity index (χ0v) is 12.8. The Bertz CT molecular complexity index is 499. The van der Waals surface area contributed by atoms with Crippen molar-refractivity contribution in [3.05, 3.63) is 18.6 Å². The van der Waals surface area contributed by atoms with Crippen molar-refractivity contribution >= 4 is 11.7 Å². The van der Waals surface area contributed by atoms with Crippen LogP contribution in [0.4, 0.5) is 5.82 Å². The average molecular weight is 306 g/mol. The van der Waals surface area contributed by atoms with Crippen molar-refractivity contribution in [1.29, 1.82) is 0 Å². The quantitative estimate of drug-likeness (QED) is 0.785. The number of piperidine rings is 1. The summed E-state index contributed by atoms with van der Waals surface area (Å²) in [5.74, 6) is 1.35. The minimum Gasteiger partial charge on any atom is -0.383 e. The normalized spacial score (nSPS) is 27.5. The van der Waals surface area contributed by atoms with Gasteiger partial charge in [0.1, 0.15) is 18.2 Å². The van der Waals surface area contributed by atoms with E-state index >= 15 is 0 Å². The van der Waals surface area contributed by atoms with Gasteiger partial charge in [-0.1, -0.05) is 0 Å². The number of rotatable bonds is 5. The monoisotopic (exact) mass is 306 g/mol. The smallest absolute Gasteiger partial charge is 0.249 e. The molecular formula is C15H22N4O3. The van der Waals surface area contributed by atoms with Gasteiger partial charge in [0.05, 0.1) is 12.7 Å². The van der Waals surface area contributed by atoms with E-state index in [0.29, 0.717) is 19.1 Å². The van der Waals surface area contributed by atoms with Crippen molar-refractivity contribution in [3.8, 4) is 0 Å². The number of anilines is 1. The molecule has 22 heavy (non-hydrogen) atoms. The first-order valence-corrected chi connectivity index (χ1v) is 7.71. The Balaban J connectivity index is 1.54. The molecule has 2 aliphatic rings. The highest BCUT2D eigenvalue weighted by Crippen LogP contribution is 2.34. The van der Waals surface area contributed by atoms with Gasteiger partial charge in [0.2, 0.25) is 5.91 Å². The predicted molar refractivity (Wildman–Crippen MR) is 80.5 cm³/mol. The first-order valence-electron chi connectivity index (χ1n) is 7.71. The lowest BCUT2D eigenvalue weighted by atomic mass is 9.91. The summed E-state index contributed by atoms with van der Waals surface area (Å²) < 4.78 is 10.9. The van der Waals surface area contributed by atoms with Crippen LogP contribution in [0.3, 0.4) is 0 Å². The van der Waals surface area contributed by atoms with Gasteiger partial charge in [-0.25, -0.2) is 9.97 Å². The molecule has 2 saturated heterocycles. The largest absolute Gasteiger partial charge is 0.383 e. The van der Waals surface area contributed by atoms with Crippen LogP contribution in [0.1, 0.15) is 12.8 Å². The first kappa shape index (κ1) is 15.2. The molecule has 0 aromatic carbocycles. The molecule has 2 fully saturated rings. The maximum absolute atomic E-state index is 12.1. The first-order chi connectivity index (χ1) is 10.8. The van der Waals surface area contributed by atoms with E-state index in [2.05, 4.69) is 20.2 Å². The lowest BCUT2D eigenvalue weighted by Crippen LogP contribution is -2.43. The minimum atomic E-state index is -0.336. The molecule has 7 nitrogen and oxygen atoms in total. The molecule has 1 N–H and O–H groups in total. The molecule has 1 amide bonds. The van der Waals surface area contributed by atoms with E-state index in [9.17, 15) is 4.79 Å². The van der Waals surface area contributed by atoms with E-state index in [1.807, 2.05) is 6.07 Å². The van der Waals surface area contributed by atoms with E-state index in [0.717, 1.165) is 31.7 Å². The number of nitrogens with one attached hydrogen (secondary N) is 1. The fraction of sp³-hybridized carbons (Fsp3) is 0.667. The highest BCUT2D eigenvalue weighted by molar-refractivity contribution is 5.81. The zero-order chi connectivity index (χ0) is 15.4. The van der Waals surface area contributed by atoms with Crippen molar-refractivity contribution in [2.24, 2.45) is 5.92 Å². The molecule has 3 atom stereocenters. The van der Waals surface area contributed by atoms with Crippen molar-refractivity contribution in [2.75, 3.05) is 38.3 Å². The Labute approximate surface area is 130 Å². The Hall–Kier alpha value is -1.73. The van der Waals surface area contributed by atoms with Crippen molar-refractivity contribution in [3.63, 3.8) is 0 Å². The maximum atomic E-state index is 12.1. The van der Waals surface area contributed by atoms with Crippen LogP contribution in [0.5, 0.6) is 0 Å². The van der Waals surface area contributed by atoms with E-state index < -0.39 is 0 Å². The molecule has 0 aliphatic carbocycles. The third-order valence-corrected chi connectivity index (χ3v) is 4.34. The summed E-state index contributed by atoms with van der Waals surface area (Å²) in [5, 5.41) is 2.85. The molecule has 0 radical (unpaired) electrons. The second-order valence-corrected chi connectivity index (χ2v) is 5.75. The van der Waals surface area contributed by atoms with Gasteiger partial charge < -0.3 is 19.7 Å². The van der Waals surface area contributed by atoms with Crippen LogP contribution in [0, 0.1) is 5.92 Å². The van der Waals surface area contributed by atoms with Gasteiger partial charge in [0.25, 0.3) is 0 Å². The Morgan fingerprint density at radius 1 is 1.59 bits per heavy atom. The van der Waals surface area contributed by atoms with Gasteiger partial charge in [0.15, 0.2) is 0 Å². The standard InChI is InChI=1S/C15H22N4O3/c1-21-7-5-17-15(20)12-8-11-3-6-19(9-13(11)22-12)14-2-4-16-10-18-14/h2,4,10-13H,3,5-9H2,1H3,(H,17,20)/t11-,12+,13-/m1/s1. The van der Waals surface area contributed by atoms with Crippen LogP contribution in [0.15, 0.2) is 18.6 Å². The second kappa shape index (κ2) is 7.02. The van der Waals surface area contributed by atoms with Crippen LogP contribution in [-0.2, 0) is 14.3 Å². The van der Waals surface area contributed by atoms with Crippen LogP contribution >= 0.6 is 0 Å². The summed E-state index contributed by atoms with van der Waals surface area (Å²) in [6.07, 6.45) is 4.90. The number of carbonyl (C=O) groups is 1. The highest BCUT2D eigenvalue weighted by Gasteiger charge is 2.41. The number of nitrogens with zero attached hydrogens (tertiary/aromatic N) is 3. The Morgan fingerprint density at radius 2 is 2.50 bits per heavy atom. The summed E-state index contributed by atoms with van der Waals surface area (Å²) in [7, 11) is 1.62. The van der Waals surface area contributed by atoms with Crippen molar-refractivity contribution in [2.45, 2.75) is 25.0 Å². The fourth-order valence-corrected chi connectivity index (χ4v) is 3.17. The van der Waals surface area contributed by atoms with Crippen LogP contribution < -0.4 is 10.2 Å². The van der Waals surface area contributed by atoms with Gasteiger partial charge in [-0.3, -0.25) is 4.79 Å². The number of amides is 1. The molecule has 0 bridgehead atoms. The molecular weight excluding hydrogens is 284 g/mol. The minimum absolute atomic E-state index is 0.0277. The average Bonchev–Trinajstić information content (AvgIpc) is 2.99. The van der Waals surface area contributed by atoms with Crippen molar-refractivity contribution < 1.29 is 14.3 Å². The van der Waals surface area contributed by atoms with E-state index in [-0.39, 0.29) is 18.1 Å². The number of aromatic nitrogens is 2. The van der Waals surface area contributed by atoms with E-state index in [1.165, 1.54) is 0 Å². The molecule has 0 spiro atoms. The van der Waals surface area contributed by atoms with Gasteiger partial charge >= 0.3 is 0 Å². The van der Waals surface area contributed by atoms with Crippen LogP contribution in [0.25, 0.3) is 0 Å². The third kappa shape index (κ3) is 3.36. The summed E-state index contributed by atoms with van der Waals surface area (Å²) >= 11 is 0. The molecule has 1 aromatic rings. The summed E-state index contributed by atoms with van der Waals surface area (Å²) in [4.78, 5) is 22.5. The number of hydrogen-bond acceptors (Lipinski definition) is 6. The lowest BCUT2D eigenvalue weighted by Gasteiger charge is -2.34. The molecule has 0 saturated carbocycles. The van der Waals surface area contributed by atoms with Gasteiger partial charge in [-0.2, -0.15) is 0 Å². The summed E-state index contributed by atoms with van der Waals surface area (Å²) in [6.45, 7) is 2.77. The van der Waals surface area contributed by atoms with Gasteiger partial charge in [-0.05, 0) is 24.8 Å². The van der Waals surface area contributed by atoms with Gasteiger partial charge in [0, 0.05) is 32.9 Å². The molecule has 3 rings (SSSR count). The van der Waals surface area contributed by atoms with E-state index in [4.69, 9.17) is 9.47 Å². The lowest BCUT2D eigenvalue weighted by molar-refractivity contribution is -0.132. The molecule has 120 valence electrons. The Kier molecular flexibility index (Phi) is 4.84. The summed E-state index contributed by atoms with van der Waals surface area (Å²) in [6, 6.07) is 1.91. The predicted octanol–water partition coefficient (Wildman–Crippen LogP) is 0.223. The fourth-order valence-electron chi connectivity index (χ4n) is 3.17. The van der Waals surface area contributed by atoms with Crippen LogP contribution in [0.2, 0.25) is 0 Å². The second-order valence-electron chi connectivity index (χ2n) is 5.75. The molecule has 2 aliphatic heterocycles. The molecule has 1 aromatic heterocycles. The van der Waals surface area contributed by atoms with E-state index in [1.54, 1.807) is 19.6 Å². The number of ether oxygens (including phenoxy) is 2. The van der Waals surface area contributed by atoms with Crippen molar-refractivity contribution in [1.82, 2.24) is 15.3 Å². The number of fused-ring (bicyclic) bond motifs is 1. The maximum Gasteiger partial charge on any atom is 0.249 e. The van der Waals surface area contributed by atoms with Gasteiger partial charge in [-0.15, -0.1) is 0 Å². The molecule has 7 heteroatoms. The Morgan fingerprint density at radius 3 is 3.27 bits per heavy atom. The highest BCUT2D eigenvalue weighted by atomic mass is 16.5. The van der Waals surface area contributed by atoms with Crippen LogP contribution in [-0.4, -0.2) is 61.4 Å².